The summed E-state index contributed by atoms with van der Waals surface area (Å²) in [5, 5.41) is 33.5. The highest BCUT2D eigenvalue weighted by Crippen LogP contribution is 2.44. The highest BCUT2D eigenvalue weighted by molar-refractivity contribution is 9.10. The summed E-state index contributed by atoms with van der Waals surface area (Å²) in [6, 6.07) is 69.2. The van der Waals surface area contributed by atoms with Gasteiger partial charge in [0, 0.05) is 87.6 Å². The van der Waals surface area contributed by atoms with Crippen molar-refractivity contribution < 1.29 is 29.3 Å². The van der Waals surface area contributed by atoms with Gasteiger partial charge in [-0.3, -0.25) is 20.0 Å². The minimum absolute atomic E-state index is 0. The van der Waals surface area contributed by atoms with Crippen LogP contribution in [0.15, 0.2) is 250 Å². The molecular formula is C74H86BBrClN5O5S. The molecule has 0 atom stereocenters. The number of aliphatic imine (C=N–C) groups is 3. The van der Waals surface area contributed by atoms with E-state index in [1.54, 1.807) is 30.5 Å². The number of benzene rings is 8. The first-order valence-electron chi connectivity index (χ1n) is 28.6. The maximum Gasteiger partial charge on any atom is 0.488 e. The van der Waals surface area contributed by atoms with Crippen molar-refractivity contribution in [1.29, 1.82) is 0 Å². The Morgan fingerprint density at radius 2 is 1.07 bits per heavy atom. The first-order valence-corrected chi connectivity index (χ1v) is 30.3. The topological polar surface area (TPSA) is 134 Å². The number of fused-ring (bicyclic) bond motifs is 3. The van der Waals surface area contributed by atoms with Gasteiger partial charge in [-0.2, -0.15) is 8.91 Å². The van der Waals surface area contributed by atoms with Gasteiger partial charge in [-0.25, -0.2) is 0 Å². The molecule has 0 aliphatic carbocycles. The molecule has 10 nitrogen and oxygen atoms in total. The zero-order chi connectivity index (χ0) is 60.8. The third-order valence-corrected chi connectivity index (χ3v) is 16.7. The maximum atomic E-state index is 9.80. The third kappa shape index (κ3) is 20.1. The van der Waals surface area contributed by atoms with Gasteiger partial charge in [-0.15, -0.1) is 12.4 Å². The number of halogens is 2. The molecule has 3 aliphatic rings. The van der Waals surface area contributed by atoms with Gasteiger partial charge in [0.1, 0.15) is 6.54 Å². The van der Waals surface area contributed by atoms with Crippen molar-refractivity contribution in [2.45, 2.75) is 106 Å². The minimum atomic E-state index is -1.34. The molecule has 3 heterocycles. The molecule has 0 unspecified atom stereocenters. The monoisotopic (exact) mass is 1280 g/mol. The number of hydrogen-bond acceptors (Lipinski definition) is 10. The molecule has 0 aromatic heterocycles. The van der Waals surface area contributed by atoms with Crippen molar-refractivity contribution in [2.24, 2.45) is 15.0 Å². The molecule has 0 amide bonds. The van der Waals surface area contributed by atoms with Crippen LogP contribution in [-0.2, 0) is 25.6 Å². The number of nitrogens with zero attached hydrogens (tertiary/aromatic N) is 4. The molecule has 0 fully saturated rings. The van der Waals surface area contributed by atoms with Crippen LogP contribution in [0.25, 0.3) is 22.3 Å². The minimum Gasteiger partial charge on any atom is -0.691 e. The number of unbranched alkanes of at least 4 members (excludes halogenated alkanes) is 1. The van der Waals surface area contributed by atoms with Crippen LogP contribution in [0.3, 0.4) is 0 Å². The molecule has 14 heteroatoms. The van der Waals surface area contributed by atoms with Crippen LogP contribution in [0.4, 0.5) is 28.4 Å². The van der Waals surface area contributed by atoms with Crippen LogP contribution in [0.1, 0.15) is 107 Å². The quantitative estimate of drug-likeness (QED) is 0.0136. The molecule has 0 spiro atoms. The fourth-order valence-corrected chi connectivity index (χ4v) is 10.6. The Morgan fingerprint density at radius 1 is 0.580 bits per heavy atom. The largest absolute Gasteiger partial charge is 0.691 e. The lowest BCUT2D eigenvalue weighted by Gasteiger charge is -2.20. The van der Waals surface area contributed by atoms with Crippen molar-refractivity contribution in [2.75, 3.05) is 17.6 Å². The van der Waals surface area contributed by atoms with Crippen LogP contribution in [0.5, 0.6) is 0 Å². The Morgan fingerprint density at radius 3 is 1.60 bits per heavy atom. The van der Waals surface area contributed by atoms with Crippen LogP contribution in [-0.4, -0.2) is 57.4 Å². The molecule has 0 radical (unpaired) electrons. The summed E-state index contributed by atoms with van der Waals surface area (Å²) in [7, 11) is -1.34. The number of hydrogen-bond donors (Lipinski definition) is 3. The molecule has 8 aromatic carbocycles. The van der Waals surface area contributed by atoms with Crippen molar-refractivity contribution in [3.05, 3.63) is 252 Å². The molecule has 0 saturated carbocycles. The fraction of sp³-hybridized carbons (Fsp3) is 0.243. The lowest BCUT2D eigenvalue weighted by atomic mass is 9.81. The van der Waals surface area contributed by atoms with Gasteiger partial charge in [-0.05, 0) is 152 Å². The Kier molecular flexibility index (Phi) is 29.6. The fourth-order valence-electron chi connectivity index (χ4n) is 9.77. The smallest absolute Gasteiger partial charge is 0.488 e. The molecule has 88 heavy (non-hydrogen) atoms. The van der Waals surface area contributed by atoms with E-state index in [4.69, 9.17) is 10.0 Å². The first kappa shape index (κ1) is 73.2. The molecule has 11 rings (SSSR count). The lowest BCUT2D eigenvalue weighted by molar-refractivity contribution is -0.777. The first-order chi connectivity index (χ1) is 40.9. The zero-order valence-corrected chi connectivity index (χ0v) is 53.7. The molecule has 0 bridgehead atoms. The lowest BCUT2D eigenvalue weighted by Crippen LogP contribution is -2.29. The zero-order valence-electron chi connectivity index (χ0n) is 50.5. The summed E-state index contributed by atoms with van der Waals surface area (Å²) < 4.78 is 7.87. The van der Waals surface area contributed by atoms with Crippen molar-refractivity contribution in [3.8, 4) is 22.3 Å². The summed E-state index contributed by atoms with van der Waals surface area (Å²) in [4.78, 5) is 13.5. The number of anilines is 1. The summed E-state index contributed by atoms with van der Waals surface area (Å²) >= 11 is 4.55. The van der Waals surface area contributed by atoms with E-state index in [0.717, 1.165) is 64.4 Å². The molecule has 3 N–H and O–H groups in total. The summed E-state index contributed by atoms with van der Waals surface area (Å²) in [6.07, 6.45) is 11.4. The highest BCUT2D eigenvalue weighted by Gasteiger charge is 2.43. The SMILES string of the molecule is C.C.C(/C=C/C=C/Nc1ccccc1)=Nc1ccccc1.CC1=Nc2ccc(-c3ccccc3)cc2C1(C)C.CC1=Nc2ccc(Br)cc2C1(C)C.CC1=[N+](CCCCSOO[O-])c2ccc(-c3ccccc3)cc2C1(C)C.Cl.OB(O)c1ccccc1. The molecule has 460 valence electrons. The van der Waals surface area contributed by atoms with Gasteiger partial charge >= 0.3 is 7.12 Å². The predicted octanol–water partition coefficient (Wildman–Crippen LogP) is 18.6. The van der Waals surface area contributed by atoms with E-state index in [9.17, 15) is 5.26 Å². The van der Waals surface area contributed by atoms with Crippen molar-refractivity contribution >= 4 is 105 Å². The third-order valence-electron chi connectivity index (χ3n) is 15.6. The van der Waals surface area contributed by atoms with E-state index in [-0.39, 0.29) is 43.5 Å². The Balaban J connectivity index is 0.000000242. The summed E-state index contributed by atoms with van der Waals surface area (Å²) in [5.74, 6) is 0.748. The van der Waals surface area contributed by atoms with Gasteiger partial charge in [-0.1, -0.05) is 198 Å². The van der Waals surface area contributed by atoms with Gasteiger partial charge in [0.25, 0.3) is 0 Å². The van der Waals surface area contributed by atoms with Crippen LogP contribution < -0.4 is 16.0 Å². The summed E-state index contributed by atoms with van der Waals surface area (Å²) in [5.41, 5.74) is 19.1. The molecule has 3 aliphatic heterocycles. The van der Waals surface area contributed by atoms with Crippen LogP contribution >= 0.6 is 40.4 Å². The van der Waals surface area contributed by atoms with Crippen molar-refractivity contribution in [1.82, 2.24) is 0 Å². The van der Waals surface area contributed by atoms with Crippen LogP contribution in [0.2, 0.25) is 0 Å². The van der Waals surface area contributed by atoms with Gasteiger partial charge in [0.05, 0.1) is 22.5 Å². The molecule has 8 aromatic rings. The standard InChI is InChI=1S/C21H25NO3S.C17H16N2.C17H17N.C11H12BrN.C6H7BO2.2CH4.ClH/c1-16-21(2,3)19-15-18(17-9-5-4-6-10-17)11-12-20(19)22(16)13-7-8-14-26-25-24-23;1-4-10-16(11-5-1)18-14-8-3-9-15-19-17-12-6-2-7-13-17;1-12-17(2,3)15-11-14(9-10-16(15)18-12)13-7-5-4-6-8-13;1-7-11(2,3)9-6-8(12)4-5-10(9)13-7;8-7(9)6-4-2-1-3-5-6;;;/h4-6,9-12,15H,7-8,13-14H2,1-3H3;1-15,18H;4-11H,1-3H3;4-6H,1-3H3;1-5,8-9H;2*1H4;1H/b;9-3+,14-8+,19-15?;;;;;;. The second kappa shape index (κ2) is 35.6. The number of nitrogens with one attached hydrogen (secondary N) is 1. The number of para-hydroxylation sites is 2. The molecular weight excluding hydrogens is 1200 g/mol. The van der Waals surface area contributed by atoms with E-state index in [0.29, 0.717) is 5.46 Å². The highest BCUT2D eigenvalue weighted by atomic mass is 79.9. The van der Waals surface area contributed by atoms with Gasteiger partial charge in [0.2, 0.25) is 5.69 Å². The maximum absolute atomic E-state index is 9.80. The second-order valence-electron chi connectivity index (χ2n) is 22.2. The average molecular weight is 1280 g/mol. The van der Waals surface area contributed by atoms with E-state index in [1.807, 2.05) is 109 Å². The second-order valence-corrected chi connectivity index (χ2v) is 23.9. The van der Waals surface area contributed by atoms with Crippen LogP contribution in [0, 0.1) is 0 Å². The Bertz CT molecular complexity index is 3620. The number of allylic oxidation sites excluding steroid dienone is 3. The van der Waals surface area contributed by atoms with Crippen molar-refractivity contribution in [3.63, 3.8) is 0 Å². The average Bonchev–Trinajstić information content (AvgIpc) is 1.75. The Labute approximate surface area is 543 Å². The van der Waals surface area contributed by atoms with E-state index in [1.165, 1.54) is 61.8 Å². The molecule has 0 saturated heterocycles. The van der Waals surface area contributed by atoms with Gasteiger partial charge < -0.3 is 20.6 Å². The normalized spacial score (nSPS) is 14.0. The van der Waals surface area contributed by atoms with E-state index >= 15 is 0 Å². The number of rotatable bonds is 15. The Hall–Kier alpha value is -7.30. The van der Waals surface area contributed by atoms with E-state index < -0.39 is 7.12 Å². The summed E-state index contributed by atoms with van der Waals surface area (Å²) in [6.45, 7) is 20.9. The van der Waals surface area contributed by atoms with E-state index in [2.05, 4.69) is 210 Å². The van der Waals surface area contributed by atoms with Gasteiger partial charge in [0.15, 0.2) is 5.71 Å². The predicted molar refractivity (Wildman–Crippen MR) is 382 cm³/mol.